The molecule has 4 rings (SSSR count). The molecule has 0 saturated carbocycles. The number of fused-ring (bicyclic) bond motifs is 1. The zero-order chi connectivity index (χ0) is 26.0. The number of hydrogen-bond acceptors (Lipinski definition) is 7. The minimum atomic E-state index is -1.03. The van der Waals surface area contributed by atoms with Crippen molar-refractivity contribution in [3.63, 3.8) is 0 Å². The summed E-state index contributed by atoms with van der Waals surface area (Å²) in [4.78, 5) is 26.6. The Morgan fingerprint density at radius 3 is 2.50 bits per heavy atom. The van der Waals surface area contributed by atoms with E-state index in [1.54, 1.807) is 45.9 Å². The van der Waals surface area contributed by atoms with E-state index in [1.165, 1.54) is 20.3 Å². The predicted octanol–water partition coefficient (Wildman–Crippen LogP) is 4.31. The highest BCUT2D eigenvalue weighted by atomic mass is 32.1. The lowest BCUT2D eigenvalue weighted by Crippen LogP contribution is -2.38. The number of aromatic nitrogens is 3. The first-order valence-electron chi connectivity index (χ1n) is 10.7. The van der Waals surface area contributed by atoms with Crippen LogP contribution >= 0.6 is 24.4 Å². The van der Waals surface area contributed by atoms with E-state index in [4.69, 9.17) is 33.9 Å². The summed E-state index contributed by atoms with van der Waals surface area (Å²) in [6.45, 7) is 3.75. The molecule has 1 amide bonds. The Bertz CT molecular complexity index is 1480. The van der Waals surface area contributed by atoms with E-state index in [-0.39, 0.29) is 18.2 Å². The molecule has 10 nitrogen and oxygen atoms in total. The fourth-order valence-corrected chi connectivity index (χ4v) is 4.51. The van der Waals surface area contributed by atoms with Gasteiger partial charge in [-0.15, -0.1) is 0 Å². The zero-order valence-corrected chi connectivity index (χ0v) is 21.0. The van der Waals surface area contributed by atoms with E-state index < -0.39 is 12.0 Å². The first kappa shape index (κ1) is 24.9. The number of allylic oxidation sites excluding steroid dienone is 1. The standard InChI is InChI=1S/C24H23N5O5S2/c1-13(33-2)9-20(34-3)29-18-8-7-14(10-15(18)11-19(29)22(31)32)21(30)25-16-5-4-6-17(12-16)28-23(35)26-27-24(28)36/h4-10,12,19H,1,11H2,2-3H3,(H,25,30)(H,26,35)(H,27,36)(H,31,32)/b20-9+. The van der Waals surface area contributed by atoms with Crippen LogP contribution in [0.4, 0.5) is 11.4 Å². The maximum atomic E-state index is 13.1. The van der Waals surface area contributed by atoms with Crippen molar-refractivity contribution in [3.8, 4) is 5.69 Å². The molecule has 2 aromatic carbocycles. The normalized spacial score (nSPS) is 14.8. The van der Waals surface area contributed by atoms with Gasteiger partial charge in [-0.2, -0.15) is 0 Å². The number of amides is 1. The predicted molar refractivity (Wildman–Crippen MR) is 139 cm³/mol. The van der Waals surface area contributed by atoms with Crippen molar-refractivity contribution in [1.82, 2.24) is 14.8 Å². The summed E-state index contributed by atoms with van der Waals surface area (Å²) < 4.78 is 13.0. The summed E-state index contributed by atoms with van der Waals surface area (Å²) >= 11 is 10.5. The number of ether oxygens (including phenoxy) is 2. The summed E-state index contributed by atoms with van der Waals surface area (Å²) in [7, 11) is 2.90. The van der Waals surface area contributed by atoms with Crippen LogP contribution in [-0.2, 0) is 20.7 Å². The summed E-state index contributed by atoms with van der Waals surface area (Å²) in [5.41, 5.74) is 2.92. The summed E-state index contributed by atoms with van der Waals surface area (Å²) in [6, 6.07) is 11.2. The number of aliphatic carboxylic acids is 1. The number of carbonyl (C=O) groups excluding carboxylic acids is 1. The molecule has 36 heavy (non-hydrogen) atoms. The van der Waals surface area contributed by atoms with Gasteiger partial charge in [0.2, 0.25) is 0 Å². The number of benzene rings is 2. The summed E-state index contributed by atoms with van der Waals surface area (Å²) in [5, 5.41) is 18.3. The van der Waals surface area contributed by atoms with Crippen LogP contribution in [0.3, 0.4) is 0 Å². The second-order valence-corrected chi connectivity index (χ2v) is 8.60. The van der Waals surface area contributed by atoms with Crippen LogP contribution in [0.25, 0.3) is 5.69 Å². The molecule has 0 saturated heterocycles. The molecule has 1 aliphatic rings. The Morgan fingerprint density at radius 1 is 1.14 bits per heavy atom. The highest BCUT2D eigenvalue weighted by molar-refractivity contribution is 7.72. The molecular weight excluding hydrogens is 502 g/mol. The second-order valence-electron chi connectivity index (χ2n) is 7.83. The smallest absolute Gasteiger partial charge is 0.327 e. The average molecular weight is 526 g/mol. The van der Waals surface area contributed by atoms with Gasteiger partial charge < -0.3 is 19.9 Å². The molecule has 0 aliphatic carbocycles. The monoisotopic (exact) mass is 525 g/mol. The molecule has 0 bridgehead atoms. The minimum Gasteiger partial charge on any atom is -0.497 e. The van der Waals surface area contributed by atoms with Crippen LogP contribution in [0.1, 0.15) is 15.9 Å². The Balaban J connectivity index is 1.62. The molecule has 1 atom stereocenters. The van der Waals surface area contributed by atoms with Crippen LogP contribution in [-0.4, -0.2) is 52.0 Å². The molecule has 186 valence electrons. The van der Waals surface area contributed by atoms with Crippen molar-refractivity contribution in [2.75, 3.05) is 24.4 Å². The van der Waals surface area contributed by atoms with Gasteiger partial charge in [-0.1, -0.05) is 12.6 Å². The van der Waals surface area contributed by atoms with Gasteiger partial charge in [0.15, 0.2) is 15.4 Å². The molecule has 0 fully saturated rings. The Hall–Kier alpha value is -4.16. The molecule has 2 heterocycles. The largest absolute Gasteiger partial charge is 0.497 e. The Kier molecular flexibility index (Phi) is 7.08. The topological polar surface area (TPSA) is 125 Å². The third kappa shape index (κ3) is 4.81. The lowest BCUT2D eigenvalue weighted by atomic mass is 10.1. The van der Waals surface area contributed by atoms with Gasteiger partial charge in [0.1, 0.15) is 11.8 Å². The van der Waals surface area contributed by atoms with Crippen molar-refractivity contribution in [3.05, 3.63) is 87.4 Å². The number of nitrogens with one attached hydrogen (secondary N) is 3. The number of carboxylic acid groups (broad SMARTS) is 1. The van der Waals surface area contributed by atoms with Gasteiger partial charge >= 0.3 is 5.97 Å². The van der Waals surface area contributed by atoms with Crippen molar-refractivity contribution in [2.24, 2.45) is 0 Å². The maximum Gasteiger partial charge on any atom is 0.327 e. The van der Waals surface area contributed by atoms with E-state index in [0.717, 1.165) is 0 Å². The van der Waals surface area contributed by atoms with Crippen molar-refractivity contribution >= 4 is 47.7 Å². The number of methoxy groups -OCH3 is 2. The molecule has 4 N–H and O–H groups in total. The first-order valence-corrected chi connectivity index (χ1v) is 11.5. The molecule has 1 unspecified atom stereocenters. The number of hydrogen-bond donors (Lipinski definition) is 4. The van der Waals surface area contributed by atoms with Gasteiger partial charge in [0.25, 0.3) is 5.91 Å². The third-order valence-corrected chi connectivity index (χ3v) is 6.22. The summed E-state index contributed by atoms with van der Waals surface area (Å²) in [6.07, 6.45) is 1.70. The number of aromatic amines is 2. The van der Waals surface area contributed by atoms with E-state index in [1.807, 2.05) is 6.07 Å². The molecule has 1 aromatic heterocycles. The number of H-pyrrole nitrogens is 2. The van der Waals surface area contributed by atoms with Crippen LogP contribution in [0, 0.1) is 9.54 Å². The maximum absolute atomic E-state index is 13.1. The van der Waals surface area contributed by atoms with Gasteiger partial charge in [-0.3, -0.25) is 24.5 Å². The van der Waals surface area contributed by atoms with E-state index >= 15 is 0 Å². The minimum absolute atomic E-state index is 0.186. The average Bonchev–Trinajstić information content (AvgIpc) is 3.41. The highest BCUT2D eigenvalue weighted by Crippen LogP contribution is 2.36. The number of rotatable bonds is 8. The molecule has 12 heteroatoms. The van der Waals surface area contributed by atoms with Crippen molar-refractivity contribution in [1.29, 1.82) is 0 Å². The lowest BCUT2D eigenvalue weighted by molar-refractivity contribution is -0.138. The van der Waals surface area contributed by atoms with Gasteiger partial charge in [-0.05, 0) is 66.4 Å². The van der Waals surface area contributed by atoms with Crippen LogP contribution < -0.4 is 10.2 Å². The lowest BCUT2D eigenvalue weighted by Gasteiger charge is -2.26. The van der Waals surface area contributed by atoms with E-state index in [9.17, 15) is 14.7 Å². The number of carboxylic acids is 1. The highest BCUT2D eigenvalue weighted by Gasteiger charge is 2.37. The summed E-state index contributed by atoms with van der Waals surface area (Å²) in [5.74, 6) is -0.798. The van der Waals surface area contributed by atoms with Crippen LogP contribution in [0.5, 0.6) is 0 Å². The van der Waals surface area contributed by atoms with E-state index in [0.29, 0.717) is 43.5 Å². The van der Waals surface area contributed by atoms with Gasteiger partial charge in [0, 0.05) is 29.4 Å². The second kappa shape index (κ2) is 10.2. The number of anilines is 2. The third-order valence-electron chi connectivity index (χ3n) is 5.65. The van der Waals surface area contributed by atoms with Crippen LogP contribution in [0.15, 0.2) is 66.8 Å². The quantitative estimate of drug-likeness (QED) is 0.195. The molecule has 0 spiro atoms. The first-order chi connectivity index (χ1) is 17.2. The van der Waals surface area contributed by atoms with Crippen molar-refractivity contribution in [2.45, 2.75) is 12.5 Å². The van der Waals surface area contributed by atoms with Gasteiger partial charge in [0.05, 0.1) is 19.9 Å². The van der Waals surface area contributed by atoms with Crippen LogP contribution in [0.2, 0.25) is 0 Å². The molecular formula is C24H23N5O5S2. The fraction of sp³-hybridized carbons (Fsp3) is 0.167. The molecule has 1 aliphatic heterocycles. The zero-order valence-electron chi connectivity index (χ0n) is 19.4. The van der Waals surface area contributed by atoms with E-state index in [2.05, 4.69) is 22.1 Å². The molecule has 0 radical (unpaired) electrons. The van der Waals surface area contributed by atoms with Crippen molar-refractivity contribution < 1.29 is 24.2 Å². The number of nitrogens with zero attached hydrogens (tertiary/aromatic N) is 2. The number of carbonyl (C=O) groups is 2. The van der Waals surface area contributed by atoms with Gasteiger partial charge in [-0.25, -0.2) is 4.79 Å². The Morgan fingerprint density at radius 2 is 1.86 bits per heavy atom. The Labute approximate surface area is 216 Å². The fourth-order valence-electron chi connectivity index (χ4n) is 3.96. The molecule has 3 aromatic rings. The SMILES string of the molecule is C=C(/C=C(/OC)N1c2ccc(C(=O)Nc3cccc(-n4c(=S)[nH][nH]c4=S)c3)cc2CC1C(=O)O)OC.